The first-order chi connectivity index (χ1) is 25.3. The predicted octanol–water partition coefficient (Wildman–Crippen LogP) is 3.60. The molecule has 0 bridgehead atoms. The van der Waals surface area contributed by atoms with Crippen molar-refractivity contribution in [1.82, 2.24) is 35.8 Å². The number of fused-ring (bicyclic) bond motifs is 3. The number of carbonyl (C=O) groups is 5. The summed E-state index contributed by atoms with van der Waals surface area (Å²) in [6, 6.07) is 4.35. The Morgan fingerprint density at radius 1 is 0.963 bits per heavy atom. The van der Waals surface area contributed by atoms with Gasteiger partial charge < -0.3 is 56.2 Å². The number of primary amides is 1. The second-order valence-electron chi connectivity index (χ2n) is 14.6. The number of aromatic nitrogens is 3. The number of anilines is 1. The lowest BCUT2D eigenvalue weighted by atomic mass is 10.0. The maximum absolute atomic E-state index is 14.0. The largest absolute Gasteiger partial charge is 0.465 e. The molecule has 0 unspecified atom stereocenters. The number of alkyl carbamates (subject to hydrolysis) is 1. The third kappa shape index (κ3) is 13.0. The number of benzene rings is 1. The molecule has 18 nitrogen and oxygen atoms in total. The number of rotatable bonds is 19. The summed E-state index contributed by atoms with van der Waals surface area (Å²) < 4.78 is 19.3. The van der Waals surface area contributed by atoms with Crippen LogP contribution in [0.4, 0.5) is 20.2 Å². The molecule has 0 aliphatic rings. The lowest BCUT2D eigenvalue weighted by Crippen LogP contribution is -2.54. The topological polar surface area (TPSA) is 250 Å². The number of ether oxygens (including phenoxy) is 3. The smallest absolute Gasteiger partial charge is 0.407 e. The summed E-state index contributed by atoms with van der Waals surface area (Å²) in [5.74, 6) is -1.08. The Bertz CT molecular complexity index is 1790. The number of hydrogen-bond donors (Lipinski definition) is 7. The molecule has 8 N–H and O–H groups in total. The SMILES string of the molecule is CCOCc1nc2c(NC(=O)[C@H](CCCNC(N)=O)NC(=O)[C@@H](NC(=O)O)C(C)C)nc3ccccc3c2n1CC(C)(C)OCCNC(=O)OC(C)(C)C. The quantitative estimate of drug-likeness (QED) is 0.0870. The van der Waals surface area contributed by atoms with E-state index in [1.165, 1.54) is 0 Å². The van der Waals surface area contributed by atoms with Crippen LogP contribution in [0.5, 0.6) is 0 Å². The lowest BCUT2D eigenvalue weighted by molar-refractivity contribution is -0.128. The molecule has 18 heteroatoms. The normalized spacial score (nSPS) is 13.0. The first-order valence-corrected chi connectivity index (χ1v) is 17.9. The van der Waals surface area contributed by atoms with E-state index < -0.39 is 59.2 Å². The van der Waals surface area contributed by atoms with Crippen molar-refractivity contribution in [1.29, 1.82) is 0 Å². The van der Waals surface area contributed by atoms with E-state index in [1.807, 2.05) is 43.5 Å². The van der Waals surface area contributed by atoms with E-state index in [9.17, 15) is 29.1 Å². The van der Waals surface area contributed by atoms with E-state index in [0.29, 0.717) is 35.5 Å². The van der Waals surface area contributed by atoms with Gasteiger partial charge in [-0.25, -0.2) is 24.4 Å². The van der Waals surface area contributed by atoms with Crippen LogP contribution in [-0.2, 0) is 37.0 Å². The maximum Gasteiger partial charge on any atom is 0.407 e. The second kappa shape index (κ2) is 19.2. The number of para-hydroxylation sites is 1. The minimum atomic E-state index is -1.39. The third-order valence-corrected chi connectivity index (χ3v) is 7.97. The summed E-state index contributed by atoms with van der Waals surface area (Å²) in [7, 11) is 0. The van der Waals surface area contributed by atoms with Crippen LogP contribution in [0.1, 0.15) is 74.1 Å². The molecule has 1 aromatic carbocycles. The van der Waals surface area contributed by atoms with Gasteiger partial charge in [-0.1, -0.05) is 32.0 Å². The van der Waals surface area contributed by atoms with Crippen LogP contribution < -0.4 is 32.3 Å². The Balaban J connectivity index is 2.00. The van der Waals surface area contributed by atoms with Crippen molar-refractivity contribution in [2.24, 2.45) is 11.7 Å². The molecule has 6 amide bonds. The van der Waals surface area contributed by atoms with Gasteiger partial charge in [-0.3, -0.25) is 9.59 Å². The monoisotopic (exact) mass is 757 g/mol. The summed E-state index contributed by atoms with van der Waals surface area (Å²) in [4.78, 5) is 71.7. The van der Waals surface area contributed by atoms with Gasteiger partial charge in [0.15, 0.2) is 5.82 Å². The molecular weight excluding hydrogens is 702 g/mol. The van der Waals surface area contributed by atoms with Crippen molar-refractivity contribution >= 4 is 57.8 Å². The van der Waals surface area contributed by atoms with Crippen LogP contribution >= 0.6 is 0 Å². The molecule has 2 aromatic heterocycles. The second-order valence-corrected chi connectivity index (χ2v) is 14.6. The minimum Gasteiger partial charge on any atom is -0.465 e. The van der Waals surface area contributed by atoms with E-state index in [-0.39, 0.29) is 45.0 Å². The van der Waals surface area contributed by atoms with Gasteiger partial charge in [0.1, 0.15) is 35.6 Å². The van der Waals surface area contributed by atoms with Gasteiger partial charge >= 0.3 is 18.2 Å². The highest BCUT2D eigenvalue weighted by Gasteiger charge is 2.31. The number of urea groups is 1. The molecule has 2 heterocycles. The summed E-state index contributed by atoms with van der Waals surface area (Å²) in [6.45, 7) is 15.8. The fourth-order valence-corrected chi connectivity index (χ4v) is 5.58. The zero-order chi connectivity index (χ0) is 40.2. The van der Waals surface area contributed by atoms with Crippen molar-refractivity contribution in [2.45, 2.75) is 105 Å². The number of amides is 6. The summed E-state index contributed by atoms with van der Waals surface area (Å²) in [5, 5.41) is 23.0. The van der Waals surface area contributed by atoms with Gasteiger partial charge in [-0.15, -0.1) is 0 Å². The predicted molar refractivity (Wildman–Crippen MR) is 202 cm³/mol. The van der Waals surface area contributed by atoms with Gasteiger partial charge in [-0.2, -0.15) is 0 Å². The number of carboxylic acid groups (broad SMARTS) is 1. The summed E-state index contributed by atoms with van der Waals surface area (Å²) in [6.07, 6.45) is -1.60. The van der Waals surface area contributed by atoms with Gasteiger partial charge in [0.05, 0.1) is 29.8 Å². The summed E-state index contributed by atoms with van der Waals surface area (Å²) >= 11 is 0. The highest BCUT2D eigenvalue weighted by atomic mass is 16.6. The molecule has 298 valence electrons. The molecule has 0 saturated heterocycles. The Hall–Kier alpha value is -5.23. The molecule has 54 heavy (non-hydrogen) atoms. The zero-order valence-electron chi connectivity index (χ0n) is 32.3. The van der Waals surface area contributed by atoms with Crippen LogP contribution in [0, 0.1) is 5.92 Å². The van der Waals surface area contributed by atoms with Crippen LogP contribution in [0.3, 0.4) is 0 Å². The van der Waals surface area contributed by atoms with E-state index in [2.05, 4.69) is 26.6 Å². The van der Waals surface area contributed by atoms with E-state index >= 15 is 0 Å². The molecule has 3 aromatic rings. The van der Waals surface area contributed by atoms with Gasteiger partial charge in [0.2, 0.25) is 11.8 Å². The minimum absolute atomic E-state index is 0.0742. The van der Waals surface area contributed by atoms with E-state index in [0.717, 1.165) is 5.39 Å². The fraction of sp³-hybridized carbons (Fsp3) is 0.583. The molecule has 0 saturated carbocycles. The lowest BCUT2D eigenvalue weighted by Gasteiger charge is -2.27. The Labute approximate surface area is 314 Å². The zero-order valence-corrected chi connectivity index (χ0v) is 32.3. The van der Waals surface area contributed by atoms with Crippen LogP contribution in [-0.4, -0.2) is 99.3 Å². The molecule has 0 aliphatic heterocycles. The molecule has 0 spiro atoms. The van der Waals surface area contributed by atoms with E-state index in [4.69, 9.17) is 29.9 Å². The van der Waals surface area contributed by atoms with E-state index in [1.54, 1.807) is 40.7 Å². The number of nitrogens with zero attached hydrogens (tertiary/aromatic N) is 3. The summed E-state index contributed by atoms with van der Waals surface area (Å²) in [5.41, 5.74) is 5.37. The van der Waals surface area contributed by atoms with Crippen molar-refractivity contribution in [3.05, 3.63) is 30.1 Å². The van der Waals surface area contributed by atoms with Gasteiger partial charge in [0, 0.05) is 25.1 Å². The molecule has 2 atom stereocenters. The molecule has 3 rings (SSSR count). The standard InChI is InChI=1S/C36H55N9O9/c1-9-52-19-25-42-27-28(45(25)20-36(7,8)53-18-17-39-34(51)54-35(4,5)6)22-13-10-11-14-23(22)40-29(27)44-30(46)24(15-12-16-38-32(37)48)41-31(47)26(21(2)3)43-33(49)50/h10-11,13-14,21,24,26,43H,9,12,15-20H2,1-8H3,(H,39,51)(H,41,47)(H,49,50)(H3,37,38,48)(H,40,44,46)/t24-,26-/m0/s1. The Morgan fingerprint density at radius 2 is 1.67 bits per heavy atom. The first-order valence-electron chi connectivity index (χ1n) is 17.9. The number of hydrogen-bond acceptors (Lipinski definition) is 10. The average Bonchev–Trinajstić information content (AvgIpc) is 3.42. The van der Waals surface area contributed by atoms with Gasteiger partial charge in [0.25, 0.3) is 0 Å². The number of carbonyl (C=O) groups excluding carboxylic acids is 4. The molecule has 0 fully saturated rings. The van der Waals surface area contributed by atoms with Crippen molar-refractivity contribution in [3.63, 3.8) is 0 Å². The molecule has 0 radical (unpaired) electrons. The number of pyridine rings is 1. The molecular formula is C36H55N9O9. The molecule has 0 aliphatic carbocycles. The maximum atomic E-state index is 14.0. The highest BCUT2D eigenvalue weighted by molar-refractivity contribution is 6.10. The van der Waals surface area contributed by atoms with Crippen molar-refractivity contribution in [3.8, 4) is 0 Å². The Kier molecular flexibility index (Phi) is 15.4. The van der Waals surface area contributed by atoms with Gasteiger partial charge in [-0.05, 0) is 66.4 Å². The highest BCUT2D eigenvalue weighted by Crippen LogP contribution is 2.32. The number of nitrogens with one attached hydrogen (secondary N) is 5. The van der Waals surface area contributed by atoms with Crippen LogP contribution in [0.25, 0.3) is 21.9 Å². The number of nitrogens with two attached hydrogens (primary N) is 1. The first kappa shape index (κ1) is 43.2. The third-order valence-electron chi connectivity index (χ3n) is 7.97. The van der Waals surface area contributed by atoms with Crippen LogP contribution in [0.15, 0.2) is 24.3 Å². The van der Waals surface area contributed by atoms with Crippen molar-refractivity contribution in [2.75, 3.05) is 31.6 Å². The average molecular weight is 758 g/mol. The number of imidazole rings is 1. The Morgan fingerprint density at radius 3 is 2.30 bits per heavy atom. The van der Waals surface area contributed by atoms with Crippen LogP contribution in [0.2, 0.25) is 0 Å². The fourth-order valence-electron chi connectivity index (χ4n) is 5.58. The van der Waals surface area contributed by atoms with Crippen molar-refractivity contribution < 1.29 is 43.3 Å².